The molecule has 0 radical (unpaired) electrons. The Kier molecular flexibility index (Phi) is 17.6. The van der Waals surface area contributed by atoms with Crippen molar-refractivity contribution in [2.75, 3.05) is 6.61 Å². The van der Waals surface area contributed by atoms with Gasteiger partial charge >= 0.3 is 59.1 Å². The maximum Gasteiger partial charge on any atom is 1.00 e. The average Bonchev–Trinajstić information content (AvgIpc) is 2.59. The van der Waals surface area contributed by atoms with Crippen molar-refractivity contribution in [2.45, 2.75) is 57.3 Å². The normalized spacial score (nSPS) is 11.1. The molecule has 0 aliphatic rings. The summed E-state index contributed by atoms with van der Waals surface area (Å²) in [4.78, 5) is -0.111. The Bertz CT molecular complexity index is 962. The van der Waals surface area contributed by atoms with Crippen molar-refractivity contribution in [3.8, 4) is 0 Å². The van der Waals surface area contributed by atoms with Crippen molar-refractivity contribution in [3.63, 3.8) is 0 Å². The van der Waals surface area contributed by atoms with E-state index >= 15 is 0 Å². The fraction of sp³-hybridized carbons (Fsp3) is 0.474. The van der Waals surface area contributed by atoms with Gasteiger partial charge in [0.1, 0.15) is 10.1 Å². The van der Waals surface area contributed by atoms with Crippen LogP contribution in [0.4, 0.5) is 0 Å². The zero-order valence-corrected chi connectivity index (χ0v) is 23.7. The summed E-state index contributed by atoms with van der Waals surface area (Å²) in [5.41, 5.74) is 0.490. The van der Waals surface area contributed by atoms with E-state index in [1.807, 2.05) is 0 Å². The molecule has 0 heterocycles. The van der Waals surface area contributed by atoms with Crippen LogP contribution in [0.1, 0.15) is 51.0 Å². The van der Waals surface area contributed by atoms with E-state index in [1.54, 1.807) is 43.3 Å². The first kappa shape index (κ1) is 32.7. The van der Waals surface area contributed by atoms with Gasteiger partial charge in [-0.3, -0.25) is 4.18 Å². The average molecular weight is 477 g/mol. The first-order valence-corrected chi connectivity index (χ1v) is 11.8. The minimum Gasteiger partial charge on any atom is -0.744 e. The van der Waals surface area contributed by atoms with Crippen molar-refractivity contribution in [1.82, 2.24) is 0 Å². The van der Waals surface area contributed by atoms with Crippen LogP contribution in [0.15, 0.2) is 41.3 Å². The van der Waals surface area contributed by atoms with Gasteiger partial charge in [-0.1, -0.05) is 75.4 Å². The maximum atomic E-state index is 11.1. The minimum absolute atomic E-state index is 0. The smallest absolute Gasteiger partial charge is 0.744 e. The molecule has 2 aromatic rings. The van der Waals surface area contributed by atoms with E-state index in [2.05, 4.69) is 11.1 Å². The van der Waals surface area contributed by atoms with Crippen LogP contribution in [0.25, 0.3) is 10.8 Å². The molecule has 0 saturated carbocycles. The second-order valence-electron chi connectivity index (χ2n) is 6.38. The van der Waals surface area contributed by atoms with Crippen LogP contribution in [0, 0.1) is 6.92 Å². The van der Waals surface area contributed by atoms with Gasteiger partial charge in [0.25, 0.3) is 0 Å². The molecule has 2 aromatic carbocycles. The molecular formula is C19H26Na2O7S2. The molecule has 0 aromatic heterocycles. The van der Waals surface area contributed by atoms with Crippen molar-refractivity contribution < 1.29 is 89.2 Å². The maximum absolute atomic E-state index is 11.1. The van der Waals surface area contributed by atoms with E-state index < -0.39 is 20.5 Å². The molecule has 30 heavy (non-hydrogen) atoms. The van der Waals surface area contributed by atoms with Gasteiger partial charge in [-0.2, -0.15) is 0 Å². The Balaban J connectivity index is 0. The zero-order valence-electron chi connectivity index (χ0n) is 18.1. The van der Waals surface area contributed by atoms with Crippen LogP contribution < -0.4 is 59.1 Å². The molecule has 0 amide bonds. The molecule has 2 rings (SSSR count). The van der Waals surface area contributed by atoms with E-state index in [9.17, 15) is 25.9 Å². The first-order chi connectivity index (χ1) is 13.1. The summed E-state index contributed by atoms with van der Waals surface area (Å²) in [5.74, 6) is 0. The van der Waals surface area contributed by atoms with E-state index in [1.165, 1.54) is 19.3 Å². The number of benzene rings is 2. The SMILES string of the molecule is CCCCCCCCOS(=O)(=O)[O-].Cc1ccc2ccccc2c1S(=O)(=O)[O-].[Na+].[Na+]. The summed E-state index contributed by atoms with van der Waals surface area (Å²) in [5, 5.41) is 1.25. The van der Waals surface area contributed by atoms with Gasteiger partial charge in [0.05, 0.1) is 11.5 Å². The van der Waals surface area contributed by atoms with Gasteiger partial charge in [0, 0.05) is 0 Å². The molecule has 0 aliphatic carbocycles. The Morgan fingerprint density at radius 2 is 1.40 bits per heavy atom. The number of aryl methyl sites for hydroxylation is 1. The Labute approximate surface area is 224 Å². The van der Waals surface area contributed by atoms with Crippen molar-refractivity contribution >= 4 is 31.3 Å². The Morgan fingerprint density at radius 1 is 0.833 bits per heavy atom. The largest absolute Gasteiger partial charge is 1.00 e. The van der Waals surface area contributed by atoms with Gasteiger partial charge in [0.15, 0.2) is 0 Å². The van der Waals surface area contributed by atoms with Crippen LogP contribution in [-0.4, -0.2) is 32.5 Å². The summed E-state index contributed by atoms with van der Waals surface area (Å²) in [7, 11) is -8.88. The fourth-order valence-electron chi connectivity index (χ4n) is 2.73. The zero-order chi connectivity index (χ0) is 21.2. The fourth-order valence-corrected chi connectivity index (χ4v) is 3.97. The predicted octanol–water partition coefficient (Wildman–Crippen LogP) is -2.12. The molecule has 0 aliphatic heterocycles. The number of hydrogen-bond acceptors (Lipinski definition) is 7. The molecular weight excluding hydrogens is 450 g/mol. The van der Waals surface area contributed by atoms with Gasteiger partial charge in [0.2, 0.25) is 10.4 Å². The van der Waals surface area contributed by atoms with Crippen molar-refractivity contribution in [2.24, 2.45) is 0 Å². The molecule has 0 N–H and O–H groups in total. The van der Waals surface area contributed by atoms with Crippen LogP contribution in [0.3, 0.4) is 0 Å². The second kappa shape index (κ2) is 16.1. The van der Waals surface area contributed by atoms with Crippen LogP contribution >= 0.6 is 0 Å². The van der Waals surface area contributed by atoms with Crippen LogP contribution in [0.5, 0.6) is 0 Å². The minimum atomic E-state index is -4.47. The molecule has 0 fully saturated rings. The van der Waals surface area contributed by atoms with E-state index in [4.69, 9.17) is 0 Å². The van der Waals surface area contributed by atoms with E-state index in [0.29, 0.717) is 17.4 Å². The first-order valence-electron chi connectivity index (χ1n) is 9.10. The Hall–Kier alpha value is 0.480. The van der Waals surface area contributed by atoms with Crippen LogP contribution in [0.2, 0.25) is 0 Å². The van der Waals surface area contributed by atoms with Crippen molar-refractivity contribution in [3.05, 3.63) is 42.0 Å². The molecule has 0 bridgehead atoms. The molecule has 0 unspecified atom stereocenters. The monoisotopic (exact) mass is 476 g/mol. The molecule has 0 saturated heterocycles. The van der Waals surface area contributed by atoms with Gasteiger partial charge in [-0.15, -0.1) is 0 Å². The molecule has 11 heteroatoms. The summed E-state index contributed by atoms with van der Waals surface area (Å²) >= 11 is 0. The standard InChI is InChI=1S/C11H10O3S.C8H18O4S.2Na/c1-8-6-7-9-4-2-3-5-10(9)11(8)15(12,13)14;1-2-3-4-5-6-7-8-12-13(9,10)11;;/h2-7H,1H3,(H,12,13,14);2-8H2,1H3,(H,9,10,11);;/q;;2*+1/p-2. The van der Waals surface area contributed by atoms with Gasteiger partial charge in [-0.05, 0) is 29.7 Å². The molecule has 7 nitrogen and oxygen atoms in total. The van der Waals surface area contributed by atoms with Crippen molar-refractivity contribution in [1.29, 1.82) is 0 Å². The second-order valence-corrected chi connectivity index (χ2v) is 8.75. The summed E-state index contributed by atoms with van der Waals surface area (Å²) in [6.07, 6.45) is 6.21. The number of fused-ring (bicyclic) bond motifs is 1. The molecule has 0 atom stereocenters. The topological polar surface area (TPSA) is 124 Å². The summed E-state index contributed by atoms with van der Waals surface area (Å²) in [6, 6.07) is 10.4. The number of rotatable bonds is 9. The predicted molar refractivity (Wildman–Crippen MR) is 106 cm³/mol. The molecule has 0 spiro atoms. The molecule has 158 valence electrons. The third-order valence-electron chi connectivity index (χ3n) is 4.05. The third-order valence-corrected chi connectivity index (χ3v) is 5.55. The number of hydrogen-bond donors (Lipinski definition) is 0. The quantitative estimate of drug-likeness (QED) is 0.176. The van der Waals surface area contributed by atoms with Crippen LogP contribution in [-0.2, 0) is 24.7 Å². The van der Waals surface area contributed by atoms with Gasteiger partial charge in [-0.25, -0.2) is 16.8 Å². The third kappa shape index (κ3) is 13.1. The van der Waals surface area contributed by atoms with E-state index in [0.717, 1.165) is 18.2 Å². The summed E-state index contributed by atoms with van der Waals surface area (Å²) < 4.78 is 67.4. The Morgan fingerprint density at radius 3 is 1.97 bits per heavy atom. The van der Waals surface area contributed by atoms with E-state index in [-0.39, 0.29) is 70.6 Å². The van der Waals surface area contributed by atoms with Gasteiger partial charge < -0.3 is 9.11 Å². The number of unbranched alkanes of at least 4 members (excludes halogenated alkanes) is 5. The summed E-state index contributed by atoms with van der Waals surface area (Å²) in [6.45, 7) is 3.78.